The highest BCUT2D eigenvalue weighted by Crippen LogP contribution is 2.13. The molecule has 1 aliphatic rings. The summed E-state index contributed by atoms with van der Waals surface area (Å²) in [7, 11) is 3.12. The quantitative estimate of drug-likeness (QED) is 0.653. The zero-order chi connectivity index (χ0) is 9.68. The lowest BCUT2D eigenvalue weighted by atomic mass is 10.1. The van der Waals surface area contributed by atoms with Crippen molar-refractivity contribution in [1.29, 1.82) is 0 Å². The molecule has 1 saturated heterocycles. The molecule has 1 fully saturated rings. The van der Waals surface area contributed by atoms with E-state index in [1.54, 1.807) is 11.9 Å². The monoisotopic (exact) mass is 187 g/mol. The van der Waals surface area contributed by atoms with Crippen molar-refractivity contribution in [2.24, 2.45) is 0 Å². The van der Waals surface area contributed by atoms with Crippen LogP contribution in [0.15, 0.2) is 0 Å². The minimum atomic E-state index is -0.297. The van der Waals surface area contributed by atoms with Gasteiger partial charge in [-0.3, -0.25) is 0 Å². The van der Waals surface area contributed by atoms with Crippen LogP contribution < -0.4 is 0 Å². The van der Waals surface area contributed by atoms with Crippen molar-refractivity contribution >= 4 is 6.09 Å². The molecule has 0 spiro atoms. The number of hydrogen-bond donors (Lipinski definition) is 0. The minimum Gasteiger partial charge on any atom is -0.453 e. The van der Waals surface area contributed by atoms with Gasteiger partial charge in [0.2, 0.25) is 0 Å². The number of ether oxygens (including phenoxy) is 2. The average molecular weight is 187 g/mol. The summed E-state index contributed by atoms with van der Waals surface area (Å²) >= 11 is 0. The largest absolute Gasteiger partial charge is 0.453 e. The molecular formula is C9H17NO3. The van der Waals surface area contributed by atoms with Gasteiger partial charge in [0.15, 0.2) is 0 Å². The zero-order valence-electron chi connectivity index (χ0n) is 8.28. The molecule has 1 amide bonds. The number of likely N-dealkylation sites (N-methyl/N-ethyl adjacent to an activating group) is 1. The molecule has 0 bridgehead atoms. The summed E-state index contributed by atoms with van der Waals surface area (Å²) in [5.74, 6) is 0. The van der Waals surface area contributed by atoms with Crippen LogP contribution in [0.4, 0.5) is 4.79 Å². The van der Waals surface area contributed by atoms with Gasteiger partial charge in [0.05, 0.1) is 13.2 Å². The van der Waals surface area contributed by atoms with E-state index in [1.807, 2.05) is 0 Å². The molecule has 1 rings (SSSR count). The van der Waals surface area contributed by atoms with Crippen LogP contribution in [-0.2, 0) is 9.47 Å². The number of nitrogens with zero attached hydrogens (tertiary/aromatic N) is 1. The lowest BCUT2D eigenvalue weighted by Crippen LogP contribution is -2.36. The van der Waals surface area contributed by atoms with Gasteiger partial charge >= 0.3 is 6.09 Å². The summed E-state index contributed by atoms with van der Waals surface area (Å²) in [6.45, 7) is 1.45. The SMILES string of the molecule is COC(=O)N(C)CC1CCCCO1. The summed E-state index contributed by atoms with van der Waals surface area (Å²) in [5, 5.41) is 0. The summed E-state index contributed by atoms with van der Waals surface area (Å²) < 4.78 is 10.1. The molecule has 0 aromatic heterocycles. The Bertz CT molecular complexity index is 166. The van der Waals surface area contributed by atoms with E-state index in [0.717, 1.165) is 19.4 Å². The Morgan fingerprint density at radius 2 is 2.38 bits per heavy atom. The molecule has 76 valence electrons. The maximum Gasteiger partial charge on any atom is 0.409 e. The molecule has 1 heterocycles. The topological polar surface area (TPSA) is 38.8 Å². The highest BCUT2D eigenvalue weighted by atomic mass is 16.5. The molecule has 1 unspecified atom stereocenters. The zero-order valence-corrected chi connectivity index (χ0v) is 8.28. The molecule has 0 N–H and O–H groups in total. The number of carbonyl (C=O) groups is 1. The molecule has 4 nitrogen and oxygen atoms in total. The highest BCUT2D eigenvalue weighted by molar-refractivity contribution is 5.66. The first kappa shape index (κ1) is 10.3. The second kappa shape index (κ2) is 5.07. The van der Waals surface area contributed by atoms with Gasteiger partial charge in [-0.1, -0.05) is 0 Å². The predicted molar refractivity (Wildman–Crippen MR) is 48.6 cm³/mol. The second-order valence-electron chi connectivity index (χ2n) is 3.34. The molecule has 0 aromatic rings. The van der Waals surface area contributed by atoms with Gasteiger partial charge in [0.25, 0.3) is 0 Å². The Morgan fingerprint density at radius 1 is 1.62 bits per heavy atom. The lowest BCUT2D eigenvalue weighted by molar-refractivity contribution is -0.000872. The fraction of sp³-hybridized carbons (Fsp3) is 0.889. The van der Waals surface area contributed by atoms with Gasteiger partial charge in [-0.05, 0) is 19.3 Å². The van der Waals surface area contributed by atoms with Crippen molar-refractivity contribution < 1.29 is 14.3 Å². The number of methoxy groups -OCH3 is 1. The molecule has 4 heteroatoms. The minimum absolute atomic E-state index is 0.192. The van der Waals surface area contributed by atoms with Gasteiger partial charge in [-0.2, -0.15) is 0 Å². The molecule has 0 saturated carbocycles. The van der Waals surface area contributed by atoms with E-state index in [2.05, 4.69) is 4.74 Å². The predicted octanol–water partition coefficient (Wildman–Crippen LogP) is 1.25. The normalized spacial score (nSPS) is 22.5. The van der Waals surface area contributed by atoms with E-state index in [1.165, 1.54) is 13.5 Å². The average Bonchev–Trinajstić information content (AvgIpc) is 2.18. The molecule has 13 heavy (non-hydrogen) atoms. The van der Waals surface area contributed by atoms with Gasteiger partial charge in [0, 0.05) is 20.2 Å². The van der Waals surface area contributed by atoms with Crippen LogP contribution in [0.2, 0.25) is 0 Å². The van der Waals surface area contributed by atoms with Crippen molar-refractivity contribution in [3.8, 4) is 0 Å². The van der Waals surface area contributed by atoms with E-state index in [4.69, 9.17) is 4.74 Å². The number of hydrogen-bond acceptors (Lipinski definition) is 3. The van der Waals surface area contributed by atoms with Gasteiger partial charge in [0.1, 0.15) is 0 Å². The third-order valence-corrected chi connectivity index (χ3v) is 2.24. The van der Waals surface area contributed by atoms with Crippen LogP contribution in [-0.4, -0.2) is 44.4 Å². The Labute approximate surface area is 78.8 Å². The van der Waals surface area contributed by atoms with Crippen molar-refractivity contribution in [1.82, 2.24) is 4.90 Å². The lowest BCUT2D eigenvalue weighted by Gasteiger charge is -2.26. The Hall–Kier alpha value is -0.770. The number of amides is 1. The molecular weight excluding hydrogens is 170 g/mol. The van der Waals surface area contributed by atoms with Crippen molar-refractivity contribution in [3.63, 3.8) is 0 Å². The maximum atomic E-state index is 11.0. The van der Waals surface area contributed by atoms with Crippen LogP contribution in [0.25, 0.3) is 0 Å². The van der Waals surface area contributed by atoms with Crippen LogP contribution in [0.5, 0.6) is 0 Å². The maximum absolute atomic E-state index is 11.0. The summed E-state index contributed by atoms with van der Waals surface area (Å²) in [4.78, 5) is 12.6. The number of carbonyl (C=O) groups excluding carboxylic acids is 1. The Morgan fingerprint density at radius 3 is 2.92 bits per heavy atom. The number of rotatable bonds is 2. The Balaban J connectivity index is 2.25. The summed E-state index contributed by atoms with van der Waals surface area (Å²) in [6.07, 6.45) is 3.27. The van der Waals surface area contributed by atoms with E-state index in [-0.39, 0.29) is 12.2 Å². The van der Waals surface area contributed by atoms with E-state index >= 15 is 0 Å². The summed E-state index contributed by atoms with van der Waals surface area (Å²) in [5.41, 5.74) is 0. The van der Waals surface area contributed by atoms with Crippen molar-refractivity contribution in [3.05, 3.63) is 0 Å². The standard InChI is InChI=1S/C9H17NO3/c1-10(9(11)12-2)7-8-5-3-4-6-13-8/h8H,3-7H2,1-2H3. The van der Waals surface area contributed by atoms with Crippen LogP contribution in [0.1, 0.15) is 19.3 Å². The third kappa shape index (κ3) is 3.22. The first-order chi connectivity index (χ1) is 6.24. The van der Waals surface area contributed by atoms with Crippen LogP contribution >= 0.6 is 0 Å². The molecule has 0 radical (unpaired) electrons. The van der Waals surface area contributed by atoms with E-state index in [0.29, 0.717) is 6.54 Å². The fourth-order valence-corrected chi connectivity index (χ4v) is 1.49. The van der Waals surface area contributed by atoms with Gasteiger partial charge in [-0.15, -0.1) is 0 Å². The van der Waals surface area contributed by atoms with Crippen LogP contribution in [0, 0.1) is 0 Å². The molecule has 1 atom stereocenters. The molecule has 0 aromatic carbocycles. The van der Waals surface area contributed by atoms with Gasteiger partial charge in [-0.25, -0.2) is 4.79 Å². The van der Waals surface area contributed by atoms with Crippen molar-refractivity contribution in [2.75, 3.05) is 27.3 Å². The van der Waals surface area contributed by atoms with Gasteiger partial charge < -0.3 is 14.4 Å². The van der Waals surface area contributed by atoms with E-state index in [9.17, 15) is 4.79 Å². The smallest absolute Gasteiger partial charge is 0.409 e. The second-order valence-corrected chi connectivity index (χ2v) is 3.34. The van der Waals surface area contributed by atoms with E-state index < -0.39 is 0 Å². The molecule has 0 aliphatic carbocycles. The highest BCUT2D eigenvalue weighted by Gasteiger charge is 2.18. The Kier molecular flexibility index (Phi) is 4.02. The fourth-order valence-electron chi connectivity index (χ4n) is 1.49. The summed E-state index contributed by atoms with van der Waals surface area (Å²) in [6, 6.07) is 0. The molecule has 1 aliphatic heterocycles. The first-order valence-electron chi connectivity index (χ1n) is 4.64. The van der Waals surface area contributed by atoms with Crippen LogP contribution in [0.3, 0.4) is 0 Å². The third-order valence-electron chi connectivity index (χ3n) is 2.24. The van der Waals surface area contributed by atoms with Crippen molar-refractivity contribution in [2.45, 2.75) is 25.4 Å². The first-order valence-corrected chi connectivity index (χ1v) is 4.64.